The van der Waals surface area contributed by atoms with Gasteiger partial charge in [-0.15, -0.1) is 0 Å². The van der Waals surface area contributed by atoms with Crippen LogP contribution in [-0.4, -0.2) is 40.6 Å². The Kier molecular flexibility index (Phi) is 4.08. The van der Waals surface area contributed by atoms with Crippen molar-refractivity contribution >= 4 is 15.9 Å². The summed E-state index contributed by atoms with van der Waals surface area (Å²) in [5, 5.41) is 11.6. The summed E-state index contributed by atoms with van der Waals surface area (Å²) in [4.78, 5) is 2.53. The average molecular weight is 276 g/mol. The summed E-state index contributed by atoms with van der Waals surface area (Å²) in [6.45, 7) is 3.42. The minimum atomic E-state index is -0.302. The van der Waals surface area contributed by atoms with E-state index in [1.165, 1.54) is 32.2 Å². The van der Waals surface area contributed by atoms with Gasteiger partial charge >= 0.3 is 0 Å². The molecule has 2 atom stereocenters. The van der Waals surface area contributed by atoms with E-state index in [1.807, 2.05) is 0 Å². The van der Waals surface area contributed by atoms with Crippen LogP contribution in [0.2, 0.25) is 0 Å². The molecule has 88 valence electrons. The van der Waals surface area contributed by atoms with E-state index in [0.717, 1.165) is 31.3 Å². The average Bonchev–Trinajstić information content (AvgIpc) is 2.26. The third-order valence-corrected chi connectivity index (χ3v) is 4.68. The van der Waals surface area contributed by atoms with Gasteiger partial charge in [-0.2, -0.15) is 0 Å². The molecular formula is C12H22BrNO. The molecule has 0 spiro atoms. The predicted octanol–water partition coefficient (Wildman–Crippen LogP) is 2.40. The van der Waals surface area contributed by atoms with Crippen LogP contribution in [0.4, 0.5) is 0 Å². The van der Waals surface area contributed by atoms with Gasteiger partial charge in [0.25, 0.3) is 0 Å². The summed E-state index contributed by atoms with van der Waals surface area (Å²) < 4.78 is 0. The van der Waals surface area contributed by atoms with Gasteiger partial charge in [-0.05, 0) is 32.2 Å². The second-order valence-electron chi connectivity index (χ2n) is 5.14. The molecule has 0 aromatic carbocycles. The molecule has 0 aromatic heterocycles. The van der Waals surface area contributed by atoms with Crippen LogP contribution in [0.25, 0.3) is 0 Å². The lowest BCUT2D eigenvalue weighted by Crippen LogP contribution is -2.53. The van der Waals surface area contributed by atoms with Crippen LogP contribution in [0.5, 0.6) is 0 Å². The van der Waals surface area contributed by atoms with Crippen LogP contribution in [0, 0.1) is 5.92 Å². The zero-order valence-corrected chi connectivity index (χ0v) is 11.0. The van der Waals surface area contributed by atoms with Crippen LogP contribution < -0.4 is 0 Å². The van der Waals surface area contributed by atoms with Crippen LogP contribution in [0.3, 0.4) is 0 Å². The van der Waals surface area contributed by atoms with Gasteiger partial charge in [0.05, 0.1) is 5.60 Å². The number of piperidine rings is 1. The van der Waals surface area contributed by atoms with E-state index in [-0.39, 0.29) is 5.60 Å². The molecule has 3 heteroatoms. The number of hydrogen-bond donors (Lipinski definition) is 1. The van der Waals surface area contributed by atoms with E-state index in [0.29, 0.717) is 5.92 Å². The molecule has 2 rings (SSSR count). The first-order chi connectivity index (χ1) is 7.24. The van der Waals surface area contributed by atoms with Gasteiger partial charge in [0, 0.05) is 24.3 Å². The zero-order valence-electron chi connectivity index (χ0n) is 9.42. The van der Waals surface area contributed by atoms with Crippen molar-refractivity contribution in [3.8, 4) is 0 Å². The predicted molar refractivity (Wildman–Crippen MR) is 66.4 cm³/mol. The Labute approximate surface area is 101 Å². The summed E-state index contributed by atoms with van der Waals surface area (Å²) in [7, 11) is 0. The summed E-state index contributed by atoms with van der Waals surface area (Å²) in [5.41, 5.74) is -0.302. The fourth-order valence-corrected chi connectivity index (χ4v) is 3.38. The number of aliphatic hydroxyl groups is 1. The lowest BCUT2D eigenvalue weighted by molar-refractivity contribution is -0.0950. The van der Waals surface area contributed by atoms with Crippen LogP contribution >= 0.6 is 15.9 Å². The highest BCUT2D eigenvalue weighted by Gasteiger charge is 2.42. The molecular weight excluding hydrogens is 254 g/mol. The molecule has 1 heterocycles. The van der Waals surface area contributed by atoms with Gasteiger partial charge in [0.15, 0.2) is 0 Å². The van der Waals surface area contributed by atoms with Gasteiger partial charge in [-0.25, -0.2) is 0 Å². The fraction of sp³-hybridized carbons (Fsp3) is 1.00. The number of hydrogen-bond acceptors (Lipinski definition) is 2. The van der Waals surface area contributed by atoms with Crippen molar-refractivity contribution < 1.29 is 5.11 Å². The third-order valence-electron chi connectivity index (χ3n) is 4.12. The number of fused-ring (bicyclic) bond motifs is 1. The summed E-state index contributed by atoms with van der Waals surface area (Å²) in [5.74, 6) is 0.551. The summed E-state index contributed by atoms with van der Waals surface area (Å²) >= 11 is 3.48. The van der Waals surface area contributed by atoms with Crippen molar-refractivity contribution in [1.29, 1.82) is 0 Å². The fourth-order valence-electron chi connectivity index (χ4n) is 3.13. The zero-order chi connectivity index (χ0) is 10.7. The molecule has 15 heavy (non-hydrogen) atoms. The largest absolute Gasteiger partial charge is 0.390 e. The third kappa shape index (κ3) is 2.75. The van der Waals surface area contributed by atoms with Crippen molar-refractivity contribution in [2.75, 3.05) is 25.0 Å². The maximum atomic E-state index is 10.5. The SMILES string of the molecule is OC12CCCCC1CN(CCCBr)CC2. The van der Waals surface area contributed by atoms with Crippen LogP contribution in [0.1, 0.15) is 38.5 Å². The van der Waals surface area contributed by atoms with E-state index in [1.54, 1.807) is 0 Å². The first kappa shape index (κ1) is 11.9. The highest BCUT2D eigenvalue weighted by atomic mass is 79.9. The first-order valence-corrected chi connectivity index (χ1v) is 7.37. The Morgan fingerprint density at radius 1 is 1.33 bits per heavy atom. The van der Waals surface area contributed by atoms with E-state index in [4.69, 9.17) is 0 Å². The topological polar surface area (TPSA) is 23.5 Å². The van der Waals surface area contributed by atoms with Gasteiger partial charge in [-0.1, -0.05) is 28.8 Å². The van der Waals surface area contributed by atoms with Crippen molar-refractivity contribution in [1.82, 2.24) is 4.90 Å². The highest BCUT2D eigenvalue weighted by molar-refractivity contribution is 9.09. The number of rotatable bonds is 3. The van der Waals surface area contributed by atoms with Crippen molar-refractivity contribution in [3.05, 3.63) is 0 Å². The van der Waals surface area contributed by atoms with Crippen molar-refractivity contribution in [2.45, 2.75) is 44.1 Å². The maximum Gasteiger partial charge on any atom is 0.0700 e. The standard InChI is InChI=1S/C12H22BrNO/c13-7-3-8-14-9-6-12(15)5-2-1-4-11(12)10-14/h11,15H,1-10H2. The quantitative estimate of drug-likeness (QED) is 0.800. The first-order valence-electron chi connectivity index (χ1n) is 6.25. The number of nitrogens with zero attached hydrogens (tertiary/aromatic N) is 1. The number of alkyl halides is 1. The monoisotopic (exact) mass is 275 g/mol. The molecule has 1 aliphatic carbocycles. The van der Waals surface area contributed by atoms with Gasteiger partial charge < -0.3 is 10.0 Å². The minimum Gasteiger partial charge on any atom is -0.390 e. The Morgan fingerprint density at radius 3 is 3.00 bits per heavy atom. The molecule has 1 N–H and O–H groups in total. The van der Waals surface area contributed by atoms with E-state index in [2.05, 4.69) is 20.8 Å². The molecule has 2 aliphatic rings. The molecule has 0 bridgehead atoms. The molecule has 2 nitrogen and oxygen atoms in total. The lowest BCUT2D eigenvalue weighted by Gasteiger charge is -2.47. The molecule has 0 amide bonds. The van der Waals surface area contributed by atoms with Crippen LogP contribution in [0.15, 0.2) is 0 Å². The molecule has 0 aromatic rings. The minimum absolute atomic E-state index is 0.302. The molecule has 0 radical (unpaired) electrons. The van der Waals surface area contributed by atoms with Crippen LogP contribution in [-0.2, 0) is 0 Å². The summed E-state index contributed by atoms with van der Waals surface area (Å²) in [6.07, 6.45) is 7.06. The Balaban J connectivity index is 1.87. The maximum absolute atomic E-state index is 10.5. The summed E-state index contributed by atoms with van der Waals surface area (Å²) in [6, 6.07) is 0. The molecule has 2 unspecified atom stereocenters. The molecule has 2 fully saturated rings. The molecule has 1 saturated heterocycles. The lowest BCUT2D eigenvalue weighted by atomic mass is 9.71. The van der Waals surface area contributed by atoms with Crippen molar-refractivity contribution in [3.63, 3.8) is 0 Å². The Hall–Kier alpha value is 0.400. The van der Waals surface area contributed by atoms with Crippen molar-refractivity contribution in [2.24, 2.45) is 5.92 Å². The smallest absolute Gasteiger partial charge is 0.0700 e. The van der Waals surface area contributed by atoms with Gasteiger partial charge in [-0.3, -0.25) is 0 Å². The van der Waals surface area contributed by atoms with E-state index < -0.39 is 0 Å². The molecule has 1 saturated carbocycles. The normalized spacial score (nSPS) is 37.6. The van der Waals surface area contributed by atoms with E-state index >= 15 is 0 Å². The van der Waals surface area contributed by atoms with E-state index in [9.17, 15) is 5.11 Å². The van der Waals surface area contributed by atoms with Gasteiger partial charge in [0.1, 0.15) is 0 Å². The second-order valence-corrected chi connectivity index (χ2v) is 5.93. The second kappa shape index (κ2) is 5.15. The highest BCUT2D eigenvalue weighted by Crippen LogP contribution is 2.39. The number of likely N-dealkylation sites (tertiary alicyclic amines) is 1. The number of halogens is 1. The Morgan fingerprint density at radius 2 is 2.20 bits per heavy atom. The molecule has 1 aliphatic heterocycles. The Bertz CT molecular complexity index is 212. The van der Waals surface area contributed by atoms with Gasteiger partial charge in [0.2, 0.25) is 0 Å².